The molecule has 0 radical (unpaired) electrons. The molecule has 0 fully saturated rings. The molecule has 2 amide bonds. The van der Waals surface area contributed by atoms with Gasteiger partial charge in [-0.15, -0.1) is 0 Å². The number of carbonyl (C=O) groups excluding carboxylic acids is 2. The average Bonchev–Trinajstić information content (AvgIpc) is 2.99. The minimum Gasteiger partial charge on any atom is -0.495 e. The van der Waals surface area contributed by atoms with E-state index in [0.29, 0.717) is 12.1 Å². The Morgan fingerprint density at radius 1 is 1.09 bits per heavy atom. The summed E-state index contributed by atoms with van der Waals surface area (Å²) in [7, 11) is -3.36. The first-order valence-corrected chi connectivity index (χ1v) is 15.9. The van der Waals surface area contributed by atoms with Crippen LogP contribution in [0.2, 0.25) is 5.02 Å². The maximum Gasteiger partial charge on any atom is 0.273 e. The first-order chi connectivity index (χ1) is 21.2. The van der Waals surface area contributed by atoms with Crippen molar-refractivity contribution in [3.8, 4) is 5.75 Å². The lowest BCUT2D eigenvalue weighted by molar-refractivity contribution is -0.385. The highest BCUT2D eigenvalue weighted by Crippen LogP contribution is 2.36. The fraction of sp³-hybridized carbons (Fsp3) is 0.355. The lowest BCUT2D eigenvalue weighted by atomic mass is 10.1. The van der Waals surface area contributed by atoms with E-state index in [-0.39, 0.29) is 40.9 Å². The Bertz CT molecular complexity index is 1650. The number of nitro groups is 1. The van der Waals surface area contributed by atoms with Gasteiger partial charge in [0.1, 0.15) is 24.2 Å². The van der Waals surface area contributed by atoms with Crippen molar-refractivity contribution >= 4 is 44.8 Å². The summed E-state index contributed by atoms with van der Waals surface area (Å²) >= 11 is 6.25. The van der Waals surface area contributed by atoms with Gasteiger partial charge in [0.25, 0.3) is 15.7 Å². The molecule has 0 aliphatic carbocycles. The van der Waals surface area contributed by atoms with Gasteiger partial charge in [-0.1, -0.05) is 50.6 Å². The molecule has 14 heteroatoms. The van der Waals surface area contributed by atoms with Crippen LogP contribution in [0.15, 0.2) is 65.6 Å². The second-order valence-corrected chi connectivity index (χ2v) is 13.0. The molecule has 1 atom stereocenters. The normalized spacial score (nSPS) is 12.0. The van der Waals surface area contributed by atoms with Gasteiger partial charge in [0.15, 0.2) is 0 Å². The molecule has 0 aromatic heterocycles. The van der Waals surface area contributed by atoms with Crippen LogP contribution in [-0.2, 0) is 26.2 Å². The predicted molar refractivity (Wildman–Crippen MR) is 169 cm³/mol. The quantitative estimate of drug-likeness (QED) is 0.178. The summed E-state index contributed by atoms with van der Waals surface area (Å²) in [5.74, 6) is -1.51. The topological polar surface area (TPSA) is 139 Å². The number of halogens is 2. The molecule has 45 heavy (non-hydrogen) atoms. The van der Waals surface area contributed by atoms with Crippen molar-refractivity contribution in [3.63, 3.8) is 0 Å². The number of hydrogen-bond acceptors (Lipinski definition) is 7. The van der Waals surface area contributed by atoms with E-state index in [0.717, 1.165) is 10.4 Å². The molecule has 0 unspecified atom stereocenters. The number of benzene rings is 3. The summed E-state index contributed by atoms with van der Waals surface area (Å²) < 4.78 is 48.3. The van der Waals surface area contributed by atoms with Crippen LogP contribution in [0, 0.1) is 28.8 Å². The maximum atomic E-state index is 14.2. The second kappa shape index (κ2) is 15.2. The van der Waals surface area contributed by atoms with Crippen molar-refractivity contribution in [2.24, 2.45) is 5.92 Å². The van der Waals surface area contributed by atoms with Gasteiger partial charge in [-0.25, -0.2) is 12.8 Å². The number of aryl methyl sites for hydroxylation is 1. The fourth-order valence-corrected chi connectivity index (χ4v) is 6.18. The van der Waals surface area contributed by atoms with Crippen molar-refractivity contribution in [3.05, 3.63) is 92.7 Å². The van der Waals surface area contributed by atoms with Gasteiger partial charge in [0.2, 0.25) is 11.8 Å². The van der Waals surface area contributed by atoms with Gasteiger partial charge in [0.05, 0.1) is 22.6 Å². The molecule has 3 aromatic rings. The Morgan fingerprint density at radius 3 is 2.33 bits per heavy atom. The van der Waals surface area contributed by atoms with Gasteiger partial charge < -0.3 is 15.0 Å². The number of methoxy groups -OCH3 is 1. The Morgan fingerprint density at radius 2 is 1.76 bits per heavy atom. The van der Waals surface area contributed by atoms with Gasteiger partial charge in [0, 0.05) is 29.7 Å². The molecule has 0 aliphatic heterocycles. The van der Waals surface area contributed by atoms with Gasteiger partial charge in [-0.2, -0.15) is 0 Å². The predicted octanol–water partition coefficient (Wildman–Crippen LogP) is 5.48. The summed E-state index contributed by atoms with van der Waals surface area (Å²) in [4.78, 5) is 39.3. The summed E-state index contributed by atoms with van der Waals surface area (Å²) in [6.45, 7) is 6.40. The number of amides is 2. The van der Waals surface area contributed by atoms with E-state index in [2.05, 4.69) is 5.32 Å². The number of nitro benzene ring substituents is 1. The number of nitrogens with one attached hydrogen (secondary N) is 1. The smallest absolute Gasteiger partial charge is 0.273 e. The highest BCUT2D eigenvalue weighted by Gasteiger charge is 2.35. The molecule has 0 spiro atoms. The molecule has 0 heterocycles. The zero-order valence-electron chi connectivity index (χ0n) is 25.6. The molecular weight excluding hydrogens is 627 g/mol. The van der Waals surface area contributed by atoms with Crippen LogP contribution in [0.4, 0.5) is 15.8 Å². The Balaban J connectivity index is 2.17. The van der Waals surface area contributed by atoms with E-state index in [4.69, 9.17) is 16.3 Å². The molecule has 0 bridgehead atoms. The monoisotopic (exact) mass is 662 g/mol. The zero-order chi connectivity index (χ0) is 33.5. The van der Waals surface area contributed by atoms with Crippen LogP contribution in [0.25, 0.3) is 0 Å². The number of ether oxygens (including phenoxy) is 1. The highest BCUT2D eigenvalue weighted by molar-refractivity contribution is 7.92. The van der Waals surface area contributed by atoms with Gasteiger partial charge in [-0.3, -0.25) is 24.0 Å². The third-order valence-electron chi connectivity index (χ3n) is 6.99. The number of carbonyl (C=O) groups is 2. The largest absolute Gasteiger partial charge is 0.495 e. The standard InChI is InChI=1S/C31H36ClFN4O7S/c1-6-26(31(39)34-17-20(2)3)35(18-22-8-11-24(33)12-9-22)30(38)19-36(28-15-23(32)10-14-29(28)44-5)45(42,43)25-13-7-21(4)27(16-25)37(40)41/h7-16,20,26H,6,17-19H2,1-5H3,(H,34,39)/t26-/m0/s1. The summed E-state index contributed by atoms with van der Waals surface area (Å²) in [5, 5.41) is 14.6. The summed E-state index contributed by atoms with van der Waals surface area (Å²) in [6, 6.07) is 12.0. The lowest BCUT2D eigenvalue weighted by Crippen LogP contribution is -2.52. The third kappa shape index (κ3) is 8.70. The summed E-state index contributed by atoms with van der Waals surface area (Å²) in [5.41, 5.74) is 0.223. The Labute approximate surface area is 267 Å². The molecule has 0 aliphatic rings. The lowest BCUT2D eigenvalue weighted by Gasteiger charge is -2.33. The van der Waals surface area contributed by atoms with Crippen LogP contribution in [0.5, 0.6) is 5.75 Å². The number of rotatable bonds is 14. The van der Waals surface area contributed by atoms with Gasteiger partial charge in [-0.05, 0) is 61.2 Å². The number of nitrogens with zero attached hydrogens (tertiary/aromatic N) is 3. The van der Waals surface area contributed by atoms with E-state index in [1.54, 1.807) is 6.92 Å². The van der Waals surface area contributed by atoms with Crippen molar-refractivity contribution < 1.29 is 32.1 Å². The fourth-order valence-electron chi connectivity index (χ4n) is 4.57. The van der Waals surface area contributed by atoms with Crippen LogP contribution >= 0.6 is 11.6 Å². The molecule has 11 nitrogen and oxygen atoms in total. The first kappa shape index (κ1) is 35.3. The molecule has 0 saturated carbocycles. The molecule has 3 rings (SSSR count). The minimum atomic E-state index is -4.66. The Kier molecular flexibility index (Phi) is 11.9. The highest BCUT2D eigenvalue weighted by atomic mass is 35.5. The second-order valence-electron chi connectivity index (χ2n) is 10.7. The van der Waals surface area contributed by atoms with Crippen molar-refractivity contribution in [2.45, 2.75) is 51.6 Å². The minimum absolute atomic E-state index is 0.0594. The van der Waals surface area contributed by atoms with E-state index in [9.17, 15) is 32.5 Å². The van der Waals surface area contributed by atoms with Crippen molar-refractivity contribution in [1.29, 1.82) is 0 Å². The van der Waals surface area contributed by atoms with Crippen molar-refractivity contribution in [2.75, 3.05) is 24.5 Å². The zero-order valence-corrected chi connectivity index (χ0v) is 27.2. The van der Waals surface area contributed by atoms with E-state index >= 15 is 0 Å². The third-order valence-corrected chi connectivity index (χ3v) is 8.98. The molecular formula is C31H36ClFN4O7S. The maximum absolute atomic E-state index is 14.2. The first-order valence-electron chi connectivity index (χ1n) is 14.1. The number of anilines is 1. The Hall–Kier alpha value is -4.23. The SMILES string of the molecule is CC[C@@H](C(=O)NCC(C)C)N(Cc1ccc(F)cc1)C(=O)CN(c1cc(Cl)ccc1OC)S(=O)(=O)c1ccc(C)c([N+](=O)[O-])c1. The molecule has 0 saturated heterocycles. The number of hydrogen-bond donors (Lipinski definition) is 1. The van der Waals surface area contributed by atoms with Gasteiger partial charge >= 0.3 is 0 Å². The molecule has 1 N–H and O–H groups in total. The van der Waals surface area contributed by atoms with E-state index in [1.807, 2.05) is 13.8 Å². The van der Waals surface area contributed by atoms with Crippen LogP contribution in [0.1, 0.15) is 38.3 Å². The van der Waals surface area contributed by atoms with Crippen LogP contribution < -0.4 is 14.4 Å². The van der Waals surface area contributed by atoms with E-state index < -0.39 is 55.7 Å². The van der Waals surface area contributed by atoms with Crippen molar-refractivity contribution in [1.82, 2.24) is 10.2 Å². The van der Waals surface area contributed by atoms with Crippen LogP contribution in [0.3, 0.4) is 0 Å². The molecule has 3 aromatic carbocycles. The molecule has 242 valence electrons. The number of sulfonamides is 1. The average molecular weight is 663 g/mol. The summed E-state index contributed by atoms with van der Waals surface area (Å²) in [6.07, 6.45) is 0.189. The van der Waals surface area contributed by atoms with E-state index in [1.165, 1.54) is 73.5 Å². The van der Waals surface area contributed by atoms with Crippen LogP contribution in [-0.4, -0.2) is 56.3 Å².